The van der Waals surface area contributed by atoms with Gasteiger partial charge in [-0.15, -0.1) is 0 Å². The first kappa shape index (κ1) is 10.4. The molecule has 2 N–H and O–H groups in total. The third-order valence-corrected chi connectivity index (χ3v) is 3.01. The number of nitrogens with two attached hydrogens (primary N) is 1. The molecule has 1 aromatic rings. The van der Waals surface area contributed by atoms with Crippen molar-refractivity contribution in [1.29, 1.82) is 0 Å². The Hall–Kier alpha value is -1.16. The fraction of sp³-hybridized carbons (Fsp3) is 0.636. The van der Waals surface area contributed by atoms with Crippen LogP contribution < -0.4 is 5.73 Å². The predicted molar refractivity (Wildman–Crippen MR) is 60.3 cm³/mol. The van der Waals surface area contributed by atoms with E-state index in [0.29, 0.717) is 5.82 Å². The molecule has 1 saturated carbocycles. The van der Waals surface area contributed by atoms with Crippen LogP contribution in [0.25, 0.3) is 0 Å². The first-order valence-electron chi connectivity index (χ1n) is 5.45. The van der Waals surface area contributed by atoms with Crippen LogP contribution >= 0.6 is 0 Å². The zero-order valence-corrected chi connectivity index (χ0v) is 9.40. The highest BCUT2D eigenvalue weighted by Crippen LogP contribution is 2.24. The Morgan fingerprint density at radius 3 is 2.73 bits per heavy atom. The summed E-state index contributed by atoms with van der Waals surface area (Å²) in [5.41, 5.74) is 6.63. The molecule has 0 bridgehead atoms. The van der Waals surface area contributed by atoms with Gasteiger partial charge in [0.2, 0.25) is 0 Å². The molecule has 1 aliphatic rings. The summed E-state index contributed by atoms with van der Waals surface area (Å²) >= 11 is 0. The maximum Gasteiger partial charge on any atom is 0.144 e. The minimum atomic E-state index is 0.569. The lowest BCUT2D eigenvalue weighted by atomic mass is 9.92. The minimum absolute atomic E-state index is 0.569. The van der Waals surface area contributed by atoms with Crippen LogP contribution in [-0.4, -0.2) is 28.0 Å². The van der Waals surface area contributed by atoms with E-state index in [9.17, 15) is 0 Å². The summed E-state index contributed by atoms with van der Waals surface area (Å²) in [5.74, 6) is 1.40. The normalized spacial score (nSPS) is 16.7. The van der Waals surface area contributed by atoms with E-state index < -0.39 is 0 Å². The van der Waals surface area contributed by atoms with Gasteiger partial charge in [0.05, 0.1) is 6.54 Å². The van der Waals surface area contributed by atoms with Crippen molar-refractivity contribution in [2.45, 2.75) is 38.8 Å². The molecule has 0 aliphatic heterocycles. The standard InChI is InChI=1S/C11H18N4/c1-8-6-10(12)14-11(13-8)7-15(2)9-4-3-5-9/h6,9H,3-5,7H2,1-2H3,(H2,12,13,14). The van der Waals surface area contributed by atoms with Crippen molar-refractivity contribution in [3.63, 3.8) is 0 Å². The number of anilines is 1. The van der Waals surface area contributed by atoms with Gasteiger partial charge >= 0.3 is 0 Å². The van der Waals surface area contributed by atoms with E-state index in [1.165, 1.54) is 19.3 Å². The third-order valence-electron chi connectivity index (χ3n) is 3.01. The molecule has 0 spiro atoms. The number of rotatable bonds is 3. The van der Waals surface area contributed by atoms with E-state index in [1.807, 2.05) is 6.92 Å². The fourth-order valence-electron chi connectivity index (χ4n) is 1.91. The number of aryl methyl sites for hydroxylation is 1. The van der Waals surface area contributed by atoms with Crippen molar-refractivity contribution in [2.75, 3.05) is 12.8 Å². The second-order valence-corrected chi connectivity index (χ2v) is 4.35. The molecule has 1 aliphatic carbocycles. The molecule has 0 amide bonds. The van der Waals surface area contributed by atoms with Gasteiger partial charge in [0.15, 0.2) is 0 Å². The molecule has 0 aromatic carbocycles. The zero-order chi connectivity index (χ0) is 10.8. The summed E-state index contributed by atoms with van der Waals surface area (Å²) in [6.07, 6.45) is 3.96. The lowest BCUT2D eigenvalue weighted by molar-refractivity contribution is 0.149. The van der Waals surface area contributed by atoms with Gasteiger partial charge in [-0.05, 0) is 26.8 Å². The summed E-state index contributed by atoms with van der Waals surface area (Å²) in [7, 11) is 2.13. The van der Waals surface area contributed by atoms with E-state index in [2.05, 4.69) is 21.9 Å². The van der Waals surface area contributed by atoms with Crippen molar-refractivity contribution in [3.8, 4) is 0 Å². The molecule has 1 aromatic heterocycles. The quantitative estimate of drug-likeness (QED) is 0.811. The Kier molecular flexibility index (Phi) is 2.86. The fourth-order valence-corrected chi connectivity index (χ4v) is 1.91. The van der Waals surface area contributed by atoms with Crippen LogP contribution in [0.1, 0.15) is 30.8 Å². The second-order valence-electron chi connectivity index (χ2n) is 4.35. The molecule has 1 heterocycles. The minimum Gasteiger partial charge on any atom is -0.384 e. The van der Waals surface area contributed by atoms with Crippen LogP contribution in [0.5, 0.6) is 0 Å². The van der Waals surface area contributed by atoms with Gasteiger partial charge in [0.1, 0.15) is 11.6 Å². The van der Waals surface area contributed by atoms with E-state index >= 15 is 0 Å². The summed E-state index contributed by atoms with van der Waals surface area (Å²) in [6.45, 7) is 2.75. The molecule has 4 nitrogen and oxygen atoms in total. The van der Waals surface area contributed by atoms with E-state index in [1.54, 1.807) is 6.07 Å². The Bertz CT molecular complexity index is 326. The van der Waals surface area contributed by atoms with Gasteiger partial charge in [0.25, 0.3) is 0 Å². The maximum atomic E-state index is 5.69. The second kappa shape index (κ2) is 4.14. The predicted octanol–water partition coefficient (Wildman–Crippen LogP) is 1.35. The van der Waals surface area contributed by atoms with Crippen molar-refractivity contribution in [1.82, 2.24) is 14.9 Å². The summed E-state index contributed by atoms with van der Waals surface area (Å²) in [4.78, 5) is 10.9. The molecule has 0 unspecified atom stereocenters. The van der Waals surface area contributed by atoms with E-state index in [0.717, 1.165) is 24.1 Å². The lowest BCUT2D eigenvalue weighted by Gasteiger charge is -2.34. The molecule has 4 heteroatoms. The average Bonchev–Trinajstić information content (AvgIpc) is 1.96. The molecule has 0 radical (unpaired) electrons. The SMILES string of the molecule is Cc1cc(N)nc(CN(C)C2CCC2)n1. The van der Waals surface area contributed by atoms with Crippen molar-refractivity contribution < 1.29 is 0 Å². The summed E-state index contributed by atoms with van der Waals surface area (Å²) in [6, 6.07) is 2.52. The molecule has 2 rings (SSSR count). The van der Waals surface area contributed by atoms with E-state index in [4.69, 9.17) is 5.73 Å². The van der Waals surface area contributed by atoms with Crippen LogP contribution in [0.4, 0.5) is 5.82 Å². The van der Waals surface area contributed by atoms with Crippen LogP contribution in [0.2, 0.25) is 0 Å². The number of nitrogens with zero attached hydrogens (tertiary/aromatic N) is 3. The Labute approximate surface area is 90.5 Å². The monoisotopic (exact) mass is 206 g/mol. The Morgan fingerprint density at radius 1 is 1.47 bits per heavy atom. The highest BCUT2D eigenvalue weighted by atomic mass is 15.2. The molecule has 1 fully saturated rings. The van der Waals surface area contributed by atoms with Crippen molar-refractivity contribution in [2.24, 2.45) is 0 Å². The number of hydrogen-bond donors (Lipinski definition) is 1. The van der Waals surface area contributed by atoms with Crippen LogP contribution in [-0.2, 0) is 6.54 Å². The van der Waals surface area contributed by atoms with Gasteiger partial charge in [-0.25, -0.2) is 9.97 Å². The van der Waals surface area contributed by atoms with Gasteiger partial charge in [0, 0.05) is 17.8 Å². The largest absolute Gasteiger partial charge is 0.384 e. The highest BCUT2D eigenvalue weighted by molar-refractivity contribution is 5.29. The topological polar surface area (TPSA) is 55.0 Å². The van der Waals surface area contributed by atoms with Gasteiger partial charge in [-0.3, -0.25) is 4.90 Å². The maximum absolute atomic E-state index is 5.69. The molecule has 82 valence electrons. The van der Waals surface area contributed by atoms with Crippen molar-refractivity contribution in [3.05, 3.63) is 17.6 Å². The first-order valence-corrected chi connectivity index (χ1v) is 5.45. The lowest BCUT2D eigenvalue weighted by Crippen LogP contribution is -2.37. The van der Waals surface area contributed by atoms with Gasteiger partial charge in [-0.2, -0.15) is 0 Å². The molecule has 15 heavy (non-hydrogen) atoms. The first-order chi connectivity index (χ1) is 7.15. The summed E-state index contributed by atoms with van der Waals surface area (Å²) in [5, 5.41) is 0. The van der Waals surface area contributed by atoms with Gasteiger partial charge in [-0.1, -0.05) is 6.42 Å². The molecular weight excluding hydrogens is 188 g/mol. The smallest absolute Gasteiger partial charge is 0.144 e. The Morgan fingerprint density at radius 2 is 2.20 bits per heavy atom. The van der Waals surface area contributed by atoms with Crippen LogP contribution in [0, 0.1) is 6.92 Å². The molecule has 0 saturated heterocycles. The average molecular weight is 206 g/mol. The van der Waals surface area contributed by atoms with E-state index in [-0.39, 0.29) is 0 Å². The number of nitrogen functional groups attached to an aromatic ring is 1. The van der Waals surface area contributed by atoms with Crippen LogP contribution in [0.15, 0.2) is 6.07 Å². The van der Waals surface area contributed by atoms with Gasteiger partial charge < -0.3 is 5.73 Å². The highest BCUT2D eigenvalue weighted by Gasteiger charge is 2.22. The third kappa shape index (κ3) is 2.45. The summed E-state index contributed by atoms with van der Waals surface area (Å²) < 4.78 is 0. The number of aromatic nitrogens is 2. The molecule has 0 atom stereocenters. The van der Waals surface area contributed by atoms with Crippen LogP contribution in [0.3, 0.4) is 0 Å². The number of hydrogen-bond acceptors (Lipinski definition) is 4. The molecular formula is C11H18N4. The van der Waals surface area contributed by atoms with Crippen molar-refractivity contribution >= 4 is 5.82 Å². The zero-order valence-electron chi connectivity index (χ0n) is 9.40. The Balaban J connectivity index is 2.02.